The fourth-order valence-corrected chi connectivity index (χ4v) is 3.01. The lowest BCUT2D eigenvalue weighted by Crippen LogP contribution is -2.20. The van der Waals surface area contributed by atoms with Gasteiger partial charge in [0.15, 0.2) is 0 Å². The highest BCUT2D eigenvalue weighted by atomic mass is 16.3. The van der Waals surface area contributed by atoms with Crippen LogP contribution in [0.1, 0.15) is 44.0 Å². The number of aryl methyl sites for hydroxylation is 2. The normalized spacial score (nSPS) is 18.8. The molecule has 3 nitrogen and oxygen atoms in total. The minimum absolute atomic E-state index is 0.317. The summed E-state index contributed by atoms with van der Waals surface area (Å²) in [5.41, 5.74) is 2.43. The molecule has 1 aliphatic rings. The molecule has 1 aliphatic carbocycles. The molecule has 1 fully saturated rings. The summed E-state index contributed by atoms with van der Waals surface area (Å²) in [6.07, 6.45) is 7.23. The number of hydrogen-bond acceptors (Lipinski definition) is 2. The van der Waals surface area contributed by atoms with Crippen LogP contribution in [0.3, 0.4) is 0 Å². The highest BCUT2D eigenvalue weighted by Gasteiger charge is 2.25. The molecule has 96 valence electrons. The summed E-state index contributed by atoms with van der Waals surface area (Å²) in [4.78, 5) is 0. The average Bonchev–Trinajstić information content (AvgIpc) is 2.96. The van der Waals surface area contributed by atoms with E-state index in [1.54, 1.807) is 0 Å². The summed E-state index contributed by atoms with van der Waals surface area (Å²) in [5.74, 6) is 1.15. The van der Waals surface area contributed by atoms with Crippen LogP contribution in [0.4, 0.5) is 0 Å². The quantitative estimate of drug-likeness (QED) is 0.852. The van der Waals surface area contributed by atoms with Crippen LogP contribution in [-0.2, 0) is 19.9 Å². The van der Waals surface area contributed by atoms with Crippen molar-refractivity contribution in [2.45, 2.75) is 45.4 Å². The molecule has 1 aromatic rings. The van der Waals surface area contributed by atoms with Crippen LogP contribution < -0.4 is 0 Å². The molecule has 0 bridgehead atoms. The van der Waals surface area contributed by atoms with Gasteiger partial charge in [0.25, 0.3) is 0 Å². The monoisotopic (exact) mass is 236 g/mol. The number of aliphatic hydroxyl groups is 1. The topological polar surface area (TPSA) is 38.0 Å². The van der Waals surface area contributed by atoms with Gasteiger partial charge in [0.2, 0.25) is 0 Å². The fraction of sp³-hybridized carbons (Fsp3) is 0.786. The van der Waals surface area contributed by atoms with Gasteiger partial charge in [0.1, 0.15) is 0 Å². The predicted octanol–water partition coefficient (Wildman–Crippen LogP) is 2.32. The molecule has 1 aromatic heterocycles. The standard InChI is InChI=1S/C14H24N2O/c1-3-13-9-14(16(2)15-13)8-12(10-17)11-6-4-5-7-11/h9,11-12,17H,3-8,10H2,1-2H3. The molecule has 0 amide bonds. The second-order valence-electron chi connectivity index (χ2n) is 5.30. The number of hydrogen-bond donors (Lipinski definition) is 1. The van der Waals surface area contributed by atoms with E-state index in [0.29, 0.717) is 12.5 Å². The van der Waals surface area contributed by atoms with Gasteiger partial charge in [-0.3, -0.25) is 4.68 Å². The van der Waals surface area contributed by atoms with Crippen molar-refractivity contribution in [1.29, 1.82) is 0 Å². The molecule has 1 heterocycles. The van der Waals surface area contributed by atoms with Gasteiger partial charge in [-0.2, -0.15) is 5.10 Å². The maximum Gasteiger partial charge on any atom is 0.0624 e. The van der Waals surface area contributed by atoms with E-state index in [0.717, 1.165) is 24.5 Å². The summed E-state index contributed by atoms with van der Waals surface area (Å²) in [6.45, 7) is 2.45. The van der Waals surface area contributed by atoms with Crippen molar-refractivity contribution in [2.75, 3.05) is 6.61 Å². The molecule has 3 heteroatoms. The summed E-state index contributed by atoms with van der Waals surface area (Å²) in [5, 5.41) is 14.1. The van der Waals surface area contributed by atoms with E-state index in [1.165, 1.54) is 31.4 Å². The minimum Gasteiger partial charge on any atom is -0.396 e. The van der Waals surface area contributed by atoms with E-state index in [-0.39, 0.29) is 0 Å². The highest BCUT2D eigenvalue weighted by molar-refractivity contribution is 5.11. The second kappa shape index (κ2) is 5.67. The number of rotatable bonds is 5. The van der Waals surface area contributed by atoms with Crippen LogP contribution in [0.5, 0.6) is 0 Å². The molecule has 17 heavy (non-hydrogen) atoms. The van der Waals surface area contributed by atoms with Crippen LogP contribution in [-0.4, -0.2) is 21.5 Å². The van der Waals surface area contributed by atoms with Gasteiger partial charge in [-0.1, -0.05) is 32.6 Å². The molecule has 0 aliphatic heterocycles. The largest absolute Gasteiger partial charge is 0.396 e. The van der Waals surface area contributed by atoms with Gasteiger partial charge in [0.05, 0.1) is 5.69 Å². The lowest BCUT2D eigenvalue weighted by atomic mass is 9.87. The van der Waals surface area contributed by atoms with E-state index in [1.807, 2.05) is 11.7 Å². The zero-order valence-corrected chi connectivity index (χ0v) is 11.0. The SMILES string of the molecule is CCc1cc(CC(CO)C2CCCC2)n(C)n1. The Labute approximate surface area is 104 Å². The smallest absolute Gasteiger partial charge is 0.0624 e. The van der Waals surface area contributed by atoms with Crippen LogP contribution >= 0.6 is 0 Å². The number of nitrogens with zero attached hydrogens (tertiary/aromatic N) is 2. The Morgan fingerprint density at radius 3 is 2.71 bits per heavy atom. The van der Waals surface area contributed by atoms with Gasteiger partial charge in [0, 0.05) is 19.3 Å². The first-order valence-electron chi connectivity index (χ1n) is 6.87. The van der Waals surface area contributed by atoms with Crippen molar-refractivity contribution in [3.63, 3.8) is 0 Å². The Morgan fingerprint density at radius 1 is 1.47 bits per heavy atom. The average molecular weight is 236 g/mol. The lowest BCUT2D eigenvalue weighted by Gasteiger charge is -2.20. The van der Waals surface area contributed by atoms with Gasteiger partial charge >= 0.3 is 0 Å². The Kier molecular flexibility index (Phi) is 4.21. The van der Waals surface area contributed by atoms with Crippen LogP contribution in [0.2, 0.25) is 0 Å². The van der Waals surface area contributed by atoms with E-state index < -0.39 is 0 Å². The van der Waals surface area contributed by atoms with E-state index in [9.17, 15) is 5.11 Å². The van der Waals surface area contributed by atoms with Crippen LogP contribution in [0.15, 0.2) is 6.07 Å². The molecule has 0 aromatic carbocycles. The number of aromatic nitrogens is 2. The predicted molar refractivity (Wildman–Crippen MR) is 68.8 cm³/mol. The third-order valence-corrected chi connectivity index (χ3v) is 4.16. The van der Waals surface area contributed by atoms with Gasteiger partial charge in [-0.05, 0) is 30.7 Å². The molecule has 1 saturated carbocycles. The van der Waals surface area contributed by atoms with Gasteiger partial charge < -0.3 is 5.11 Å². The summed E-state index contributed by atoms with van der Waals surface area (Å²) < 4.78 is 1.98. The van der Waals surface area contributed by atoms with Crippen molar-refractivity contribution < 1.29 is 5.11 Å². The Morgan fingerprint density at radius 2 is 2.18 bits per heavy atom. The third kappa shape index (κ3) is 2.89. The highest BCUT2D eigenvalue weighted by Crippen LogP contribution is 2.33. The lowest BCUT2D eigenvalue weighted by molar-refractivity contribution is 0.174. The maximum absolute atomic E-state index is 9.57. The summed E-state index contributed by atoms with van der Waals surface area (Å²) in [7, 11) is 2.01. The van der Waals surface area contributed by atoms with Crippen molar-refractivity contribution >= 4 is 0 Å². The maximum atomic E-state index is 9.57. The number of aliphatic hydroxyl groups excluding tert-OH is 1. The van der Waals surface area contributed by atoms with Crippen molar-refractivity contribution in [2.24, 2.45) is 18.9 Å². The molecule has 1 atom stereocenters. The molecule has 2 rings (SSSR count). The summed E-state index contributed by atoms with van der Waals surface area (Å²) in [6, 6.07) is 2.19. The molecule has 1 N–H and O–H groups in total. The first-order chi connectivity index (χ1) is 8.24. The van der Waals surface area contributed by atoms with E-state index in [4.69, 9.17) is 0 Å². The Balaban J connectivity index is 2.03. The Hall–Kier alpha value is -0.830. The van der Waals surface area contributed by atoms with Gasteiger partial charge in [-0.15, -0.1) is 0 Å². The molecule has 0 saturated heterocycles. The third-order valence-electron chi connectivity index (χ3n) is 4.16. The fourth-order valence-electron chi connectivity index (χ4n) is 3.01. The first kappa shape index (κ1) is 12.6. The van der Waals surface area contributed by atoms with Crippen molar-refractivity contribution in [1.82, 2.24) is 9.78 Å². The molecule has 1 unspecified atom stereocenters. The Bertz CT molecular complexity index is 353. The van der Waals surface area contributed by atoms with E-state index in [2.05, 4.69) is 18.1 Å². The molecular formula is C14H24N2O. The van der Waals surface area contributed by atoms with Crippen LogP contribution in [0.25, 0.3) is 0 Å². The van der Waals surface area contributed by atoms with Crippen molar-refractivity contribution in [3.8, 4) is 0 Å². The van der Waals surface area contributed by atoms with Crippen LogP contribution in [0, 0.1) is 11.8 Å². The zero-order valence-electron chi connectivity index (χ0n) is 11.0. The zero-order chi connectivity index (χ0) is 12.3. The first-order valence-corrected chi connectivity index (χ1v) is 6.87. The molecule has 0 radical (unpaired) electrons. The van der Waals surface area contributed by atoms with E-state index >= 15 is 0 Å². The minimum atomic E-state index is 0.317. The second-order valence-corrected chi connectivity index (χ2v) is 5.30. The van der Waals surface area contributed by atoms with Crippen molar-refractivity contribution in [3.05, 3.63) is 17.5 Å². The molecule has 0 spiro atoms. The van der Waals surface area contributed by atoms with Gasteiger partial charge in [-0.25, -0.2) is 0 Å². The molecular weight excluding hydrogens is 212 g/mol. The summed E-state index contributed by atoms with van der Waals surface area (Å²) >= 11 is 0.